The van der Waals surface area contributed by atoms with Crippen molar-refractivity contribution in [3.05, 3.63) is 212 Å². The molecule has 6 nitrogen and oxygen atoms in total. The molecular formula is C57H35N5O. The molecule has 4 aromatic heterocycles. The highest BCUT2D eigenvalue weighted by Crippen LogP contribution is 2.41. The third-order valence-corrected chi connectivity index (χ3v) is 12.4. The Balaban J connectivity index is 1.02. The van der Waals surface area contributed by atoms with Crippen molar-refractivity contribution in [3.63, 3.8) is 0 Å². The van der Waals surface area contributed by atoms with E-state index < -0.39 is 0 Å². The molecule has 13 aromatic rings. The topological polar surface area (TPSA) is 61.7 Å². The Morgan fingerprint density at radius 3 is 1.51 bits per heavy atom. The van der Waals surface area contributed by atoms with E-state index in [-0.39, 0.29) is 0 Å². The van der Waals surface area contributed by atoms with Gasteiger partial charge in [-0.3, -0.25) is 4.57 Å². The van der Waals surface area contributed by atoms with Crippen LogP contribution in [0.5, 0.6) is 0 Å². The largest absolute Gasteiger partial charge is 0.454 e. The fourth-order valence-corrected chi connectivity index (χ4v) is 9.43. The van der Waals surface area contributed by atoms with Crippen molar-refractivity contribution in [1.29, 1.82) is 0 Å². The van der Waals surface area contributed by atoms with Gasteiger partial charge in [0.1, 0.15) is 11.1 Å². The number of aromatic nitrogens is 5. The van der Waals surface area contributed by atoms with E-state index >= 15 is 0 Å². The van der Waals surface area contributed by atoms with Crippen LogP contribution < -0.4 is 0 Å². The van der Waals surface area contributed by atoms with E-state index in [9.17, 15) is 0 Å². The Morgan fingerprint density at radius 2 is 0.810 bits per heavy atom. The molecule has 0 unspecified atom stereocenters. The Bertz CT molecular complexity index is 3880. The third-order valence-electron chi connectivity index (χ3n) is 12.4. The van der Waals surface area contributed by atoms with Crippen LogP contribution >= 0.6 is 0 Å². The van der Waals surface area contributed by atoms with Gasteiger partial charge in [0.05, 0.1) is 16.6 Å². The predicted molar refractivity (Wildman–Crippen MR) is 258 cm³/mol. The van der Waals surface area contributed by atoms with E-state index in [0.29, 0.717) is 17.6 Å². The summed E-state index contributed by atoms with van der Waals surface area (Å²) in [5.74, 6) is 1.67. The molecular weight excluding hydrogens is 771 g/mol. The van der Waals surface area contributed by atoms with Gasteiger partial charge in [-0.2, -0.15) is 9.97 Å². The van der Waals surface area contributed by atoms with Gasteiger partial charge in [-0.25, -0.2) is 4.98 Å². The fraction of sp³-hybridized carbons (Fsp3) is 0. The van der Waals surface area contributed by atoms with Gasteiger partial charge in [-0.05, 0) is 76.9 Å². The molecule has 294 valence electrons. The summed E-state index contributed by atoms with van der Waals surface area (Å²) in [5.41, 5.74) is 13.3. The van der Waals surface area contributed by atoms with Gasteiger partial charge in [0.15, 0.2) is 17.2 Å². The molecule has 0 aliphatic rings. The van der Waals surface area contributed by atoms with Crippen molar-refractivity contribution >= 4 is 65.6 Å². The first kappa shape index (κ1) is 35.2. The summed E-state index contributed by atoms with van der Waals surface area (Å²) in [4.78, 5) is 16.0. The minimum Gasteiger partial charge on any atom is -0.454 e. The average molecular weight is 806 g/mol. The summed E-state index contributed by atoms with van der Waals surface area (Å²) < 4.78 is 11.2. The highest BCUT2D eigenvalue weighted by Gasteiger charge is 2.23. The molecule has 13 rings (SSSR count). The van der Waals surface area contributed by atoms with Gasteiger partial charge in [0.25, 0.3) is 0 Å². The Kier molecular flexibility index (Phi) is 7.80. The van der Waals surface area contributed by atoms with Crippen molar-refractivity contribution in [2.75, 3.05) is 0 Å². The predicted octanol–water partition coefficient (Wildman–Crippen LogP) is 14.6. The highest BCUT2D eigenvalue weighted by atomic mass is 16.3. The number of hydrogen-bond acceptors (Lipinski definition) is 4. The maximum Gasteiger partial charge on any atom is 0.238 e. The van der Waals surface area contributed by atoms with Crippen molar-refractivity contribution < 1.29 is 4.42 Å². The first-order chi connectivity index (χ1) is 31.2. The van der Waals surface area contributed by atoms with Crippen molar-refractivity contribution in [3.8, 4) is 56.7 Å². The molecule has 0 aliphatic carbocycles. The molecule has 9 aromatic carbocycles. The zero-order valence-electron chi connectivity index (χ0n) is 33.9. The standard InChI is InChI=1S/C57H35N5O/c1-3-13-36(14-4-1)37-23-25-38(26-24-37)39-27-29-40(30-28-39)55-58-56(41-31-34-51-48(35-41)44-18-8-10-20-49(44)61(51)42-15-5-2-6-16-42)60-57(59-55)62-50-21-11-7-17-43(50)46-32-33-47-45-19-9-12-22-52(45)63-54(47)53(46)62/h1-35H. The van der Waals surface area contributed by atoms with Crippen molar-refractivity contribution in [1.82, 2.24) is 24.1 Å². The lowest BCUT2D eigenvalue weighted by Crippen LogP contribution is -2.06. The Labute approximate surface area is 361 Å². The number of hydrogen-bond donors (Lipinski definition) is 0. The fourth-order valence-electron chi connectivity index (χ4n) is 9.43. The molecule has 0 aliphatic heterocycles. The van der Waals surface area contributed by atoms with Crippen molar-refractivity contribution in [2.24, 2.45) is 0 Å². The van der Waals surface area contributed by atoms with Crippen LogP contribution in [0.2, 0.25) is 0 Å². The minimum atomic E-state index is 0.515. The highest BCUT2D eigenvalue weighted by molar-refractivity contribution is 6.21. The quantitative estimate of drug-likeness (QED) is 0.168. The number of furan rings is 1. The van der Waals surface area contributed by atoms with Crippen LogP contribution in [0.15, 0.2) is 217 Å². The summed E-state index contributed by atoms with van der Waals surface area (Å²) in [5, 5.41) is 6.56. The van der Waals surface area contributed by atoms with Crippen LogP contribution in [-0.2, 0) is 0 Å². The van der Waals surface area contributed by atoms with E-state index in [4.69, 9.17) is 19.4 Å². The number of para-hydroxylation sites is 4. The Hall–Kier alpha value is -8.61. The zero-order valence-corrected chi connectivity index (χ0v) is 33.9. The van der Waals surface area contributed by atoms with Crippen LogP contribution in [0.25, 0.3) is 122 Å². The van der Waals surface area contributed by atoms with E-state index in [0.717, 1.165) is 93.5 Å². The number of fused-ring (bicyclic) bond motifs is 10. The molecule has 0 radical (unpaired) electrons. The van der Waals surface area contributed by atoms with Crippen molar-refractivity contribution in [2.45, 2.75) is 0 Å². The lowest BCUT2D eigenvalue weighted by atomic mass is 9.99. The molecule has 0 fully saturated rings. The van der Waals surface area contributed by atoms with Gasteiger partial charge < -0.3 is 8.98 Å². The second-order valence-electron chi connectivity index (χ2n) is 16.0. The van der Waals surface area contributed by atoms with Crippen LogP contribution in [0.4, 0.5) is 0 Å². The smallest absolute Gasteiger partial charge is 0.238 e. The number of nitrogens with zero attached hydrogens (tertiary/aromatic N) is 5. The molecule has 0 N–H and O–H groups in total. The van der Waals surface area contributed by atoms with Crippen LogP contribution in [0.1, 0.15) is 0 Å². The van der Waals surface area contributed by atoms with E-state index in [1.165, 1.54) is 11.1 Å². The summed E-state index contributed by atoms with van der Waals surface area (Å²) in [6.45, 7) is 0. The monoisotopic (exact) mass is 805 g/mol. The molecule has 0 amide bonds. The average Bonchev–Trinajstić information content (AvgIpc) is 4.02. The lowest BCUT2D eigenvalue weighted by Gasteiger charge is -2.12. The molecule has 0 saturated heterocycles. The third kappa shape index (κ3) is 5.62. The van der Waals surface area contributed by atoms with Gasteiger partial charge >= 0.3 is 0 Å². The van der Waals surface area contributed by atoms with E-state index in [2.05, 4.69) is 203 Å². The van der Waals surface area contributed by atoms with Gasteiger partial charge in [0, 0.05) is 49.1 Å². The SMILES string of the molecule is c1ccc(-c2ccc(-c3ccc(-c4nc(-c5ccc6c(c5)c5ccccc5n6-c5ccccc5)nc(-n5c6ccccc6c6ccc7c8ccccc8oc7c65)n4)cc3)cc2)cc1. The maximum atomic E-state index is 6.71. The second kappa shape index (κ2) is 14.0. The lowest BCUT2D eigenvalue weighted by molar-refractivity contribution is 0.670. The van der Waals surface area contributed by atoms with E-state index in [1.54, 1.807) is 0 Å². The van der Waals surface area contributed by atoms with Crippen LogP contribution in [-0.4, -0.2) is 24.1 Å². The van der Waals surface area contributed by atoms with Gasteiger partial charge in [0.2, 0.25) is 5.95 Å². The number of rotatable bonds is 6. The van der Waals surface area contributed by atoms with E-state index in [1.807, 2.05) is 18.2 Å². The van der Waals surface area contributed by atoms with Crippen LogP contribution in [0, 0.1) is 0 Å². The molecule has 63 heavy (non-hydrogen) atoms. The molecule has 6 heteroatoms. The first-order valence-electron chi connectivity index (χ1n) is 21.2. The first-order valence-corrected chi connectivity index (χ1v) is 21.2. The summed E-state index contributed by atoms with van der Waals surface area (Å²) in [6.07, 6.45) is 0. The molecule has 0 bridgehead atoms. The van der Waals surface area contributed by atoms with Gasteiger partial charge in [-0.15, -0.1) is 0 Å². The summed E-state index contributed by atoms with van der Waals surface area (Å²) >= 11 is 0. The molecule has 0 spiro atoms. The summed E-state index contributed by atoms with van der Waals surface area (Å²) in [7, 11) is 0. The molecule has 0 saturated carbocycles. The maximum absolute atomic E-state index is 6.71. The normalized spacial score (nSPS) is 11.8. The summed E-state index contributed by atoms with van der Waals surface area (Å²) in [6, 6.07) is 74.4. The minimum absolute atomic E-state index is 0.515. The second-order valence-corrected chi connectivity index (χ2v) is 16.0. The Morgan fingerprint density at radius 1 is 0.317 bits per heavy atom. The van der Waals surface area contributed by atoms with Crippen LogP contribution in [0.3, 0.4) is 0 Å². The van der Waals surface area contributed by atoms with Gasteiger partial charge in [-0.1, -0.05) is 158 Å². The molecule has 0 atom stereocenters. The zero-order chi connectivity index (χ0) is 41.4. The number of benzene rings is 9. The molecule has 4 heterocycles.